The molecule has 0 atom stereocenters. The van der Waals surface area contributed by atoms with Crippen LogP contribution in [0.5, 0.6) is 0 Å². The fourth-order valence-electron chi connectivity index (χ4n) is 1.89. The van der Waals surface area contributed by atoms with E-state index in [9.17, 15) is 5.21 Å². The zero-order valence-corrected chi connectivity index (χ0v) is 7.47. The first-order valence-electron chi connectivity index (χ1n) is 4.53. The van der Waals surface area contributed by atoms with Crippen molar-refractivity contribution in [2.45, 2.75) is 0 Å². The topological polar surface area (TPSA) is 28.0 Å². The van der Waals surface area contributed by atoms with E-state index in [0.717, 1.165) is 26.5 Å². The van der Waals surface area contributed by atoms with E-state index in [1.165, 1.54) is 0 Å². The maximum atomic E-state index is 11.8. The lowest BCUT2D eigenvalue weighted by molar-refractivity contribution is 1.22. The quantitative estimate of drug-likeness (QED) is 0.525. The lowest BCUT2D eigenvalue weighted by atomic mass is 10.2. The first-order valence-corrected chi connectivity index (χ1v) is 4.53. The summed E-state index contributed by atoms with van der Waals surface area (Å²) in [5.74, 6) is 0. The summed E-state index contributed by atoms with van der Waals surface area (Å²) < 4.78 is 0.991. The van der Waals surface area contributed by atoms with Gasteiger partial charge in [-0.1, -0.05) is 36.4 Å². The number of rotatable bonds is 0. The van der Waals surface area contributed by atoms with Crippen LogP contribution in [0.25, 0.3) is 21.8 Å². The first kappa shape index (κ1) is 7.44. The Hall–Kier alpha value is -1.96. The van der Waals surface area contributed by atoms with Gasteiger partial charge < -0.3 is 9.94 Å². The van der Waals surface area contributed by atoms with E-state index in [2.05, 4.69) is 0 Å². The Morgan fingerprint density at radius 1 is 0.714 bits per heavy atom. The Kier molecular flexibility index (Phi) is 1.34. The molecule has 0 aliphatic carbocycles. The average Bonchev–Trinajstić information content (AvgIpc) is 2.55. The fraction of sp³-hybridized carbons (Fsp3) is 0. The van der Waals surface area contributed by atoms with Crippen LogP contribution in [-0.2, 0) is 0 Å². The van der Waals surface area contributed by atoms with Crippen LogP contribution in [-0.4, -0.2) is 4.73 Å². The maximum Gasteiger partial charge on any atom is 0.0443 e. The SMILES string of the molecule is [O-]n1c2ccccc2c2ccccc21. The molecule has 0 amide bonds. The van der Waals surface area contributed by atoms with Crippen molar-refractivity contribution in [3.63, 3.8) is 0 Å². The van der Waals surface area contributed by atoms with Crippen molar-refractivity contribution in [2.75, 3.05) is 0 Å². The Labute approximate surface area is 81.0 Å². The van der Waals surface area contributed by atoms with Gasteiger partial charge in [0.05, 0.1) is 0 Å². The molecule has 3 aromatic rings. The molecule has 0 spiro atoms. The van der Waals surface area contributed by atoms with Crippen LogP contribution >= 0.6 is 0 Å². The van der Waals surface area contributed by atoms with Gasteiger partial charge in [-0.2, -0.15) is 0 Å². The maximum absolute atomic E-state index is 11.8. The highest BCUT2D eigenvalue weighted by molar-refractivity contribution is 6.08. The van der Waals surface area contributed by atoms with Crippen molar-refractivity contribution < 1.29 is 0 Å². The highest BCUT2D eigenvalue weighted by Gasteiger charge is 2.02. The van der Waals surface area contributed by atoms with E-state index < -0.39 is 0 Å². The summed E-state index contributed by atoms with van der Waals surface area (Å²) in [7, 11) is 0. The molecule has 0 aliphatic heterocycles. The largest absolute Gasteiger partial charge is 0.805 e. The third-order valence-corrected chi connectivity index (χ3v) is 2.54. The van der Waals surface area contributed by atoms with E-state index in [0.29, 0.717) is 0 Å². The molecular weight excluding hydrogens is 174 g/mol. The summed E-state index contributed by atoms with van der Waals surface area (Å²) in [5, 5.41) is 13.9. The average molecular weight is 182 g/mol. The van der Waals surface area contributed by atoms with Crippen LogP contribution in [0.2, 0.25) is 0 Å². The van der Waals surface area contributed by atoms with Crippen molar-refractivity contribution >= 4 is 21.8 Å². The number of benzene rings is 2. The second kappa shape index (κ2) is 2.51. The molecule has 0 aliphatic rings. The van der Waals surface area contributed by atoms with Gasteiger partial charge >= 0.3 is 0 Å². The molecule has 14 heavy (non-hydrogen) atoms. The highest BCUT2D eigenvalue weighted by Crippen LogP contribution is 2.27. The zero-order chi connectivity index (χ0) is 9.54. The van der Waals surface area contributed by atoms with E-state index in [1.807, 2.05) is 48.5 Å². The predicted octanol–water partition coefficient (Wildman–Crippen LogP) is 3.14. The molecule has 2 nitrogen and oxygen atoms in total. The third-order valence-electron chi connectivity index (χ3n) is 2.54. The zero-order valence-electron chi connectivity index (χ0n) is 7.47. The summed E-state index contributed by atoms with van der Waals surface area (Å²) in [4.78, 5) is 0. The Bertz CT molecular complexity index is 557. The van der Waals surface area contributed by atoms with Gasteiger partial charge in [0.1, 0.15) is 0 Å². The molecule has 1 heterocycles. The van der Waals surface area contributed by atoms with E-state index in [4.69, 9.17) is 0 Å². The Balaban J connectivity index is 2.69. The predicted molar refractivity (Wildman–Crippen MR) is 58.2 cm³/mol. The lowest BCUT2D eigenvalue weighted by Crippen LogP contribution is -1.82. The van der Waals surface area contributed by atoms with Crippen molar-refractivity contribution in [3.8, 4) is 0 Å². The van der Waals surface area contributed by atoms with Crippen LogP contribution < -0.4 is 0 Å². The number of para-hydroxylation sites is 2. The third kappa shape index (κ3) is 0.799. The summed E-state index contributed by atoms with van der Waals surface area (Å²) in [6.07, 6.45) is 0. The van der Waals surface area contributed by atoms with Gasteiger partial charge in [-0.05, 0) is 12.1 Å². The molecule has 2 aromatic carbocycles. The van der Waals surface area contributed by atoms with Crippen LogP contribution in [0.1, 0.15) is 0 Å². The minimum Gasteiger partial charge on any atom is -0.805 e. The summed E-state index contributed by atoms with van der Waals surface area (Å²) in [6, 6.07) is 15.3. The van der Waals surface area contributed by atoms with E-state index in [1.54, 1.807) is 0 Å². The number of aromatic nitrogens is 1. The van der Waals surface area contributed by atoms with Crippen molar-refractivity contribution in [3.05, 3.63) is 53.7 Å². The van der Waals surface area contributed by atoms with Crippen molar-refractivity contribution in [1.82, 2.24) is 4.73 Å². The smallest absolute Gasteiger partial charge is 0.0443 e. The van der Waals surface area contributed by atoms with Crippen LogP contribution in [0.4, 0.5) is 0 Å². The van der Waals surface area contributed by atoms with Crippen molar-refractivity contribution in [2.24, 2.45) is 0 Å². The summed E-state index contributed by atoms with van der Waals surface area (Å²) in [6.45, 7) is 0. The van der Waals surface area contributed by atoms with Crippen LogP contribution in [0.3, 0.4) is 0 Å². The molecular formula is C12H8NO-. The second-order valence-electron chi connectivity index (χ2n) is 3.33. The fourth-order valence-corrected chi connectivity index (χ4v) is 1.89. The normalized spacial score (nSPS) is 11.1. The molecule has 0 N–H and O–H groups in total. The molecule has 3 rings (SSSR count). The molecule has 2 heteroatoms. The standard InChI is InChI=1S/C12H8NO/c14-13-11-7-3-1-5-9(11)10-6-2-4-8-12(10)13/h1-8H/q-1. The minimum absolute atomic E-state index is 0.744. The Morgan fingerprint density at radius 3 is 1.64 bits per heavy atom. The number of nitrogens with zero attached hydrogens (tertiary/aromatic N) is 1. The molecule has 0 saturated heterocycles. The monoisotopic (exact) mass is 182 g/mol. The number of hydrogen-bond donors (Lipinski definition) is 0. The molecule has 1 aromatic heterocycles. The van der Waals surface area contributed by atoms with Gasteiger partial charge in [0, 0.05) is 21.8 Å². The molecule has 68 valence electrons. The summed E-state index contributed by atoms with van der Waals surface area (Å²) >= 11 is 0. The first-order chi connectivity index (χ1) is 6.88. The van der Waals surface area contributed by atoms with Gasteiger partial charge in [-0.25, -0.2) is 0 Å². The number of fused-ring (bicyclic) bond motifs is 3. The van der Waals surface area contributed by atoms with Gasteiger partial charge in [0.2, 0.25) is 0 Å². The van der Waals surface area contributed by atoms with Gasteiger partial charge in [0.15, 0.2) is 0 Å². The molecule has 0 unspecified atom stereocenters. The number of hydrogen-bond acceptors (Lipinski definition) is 1. The van der Waals surface area contributed by atoms with E-state index >= 15 is 0 Å². The molecule has 0 bridgehead atoms. The van der Waals surface area contributed by atoms with Crippen LogP contribution in [0, 0.1) is 5.21 Å². The van der Waals surface area contributed by atoms with Crippen molar-refractivity contribution in [1.29, 1.82) is 0 Å². The van der Waals surface area contributed by atoms with Gasteiger partial charge in [0.25, 0.3) is 0 Å². The lowest BCUT2D eigenvalue weighted by Gasteiger charge is -2.09. The molecule has 0 fully saturated rings. The Morgan fingerprint density at radius 2 is 1.14 bits per heavy atom. The van der Waals surface area contributed by atoms with Gasteiger partial charge in [-0.15, -0.1) is 0 Å². The molecule has 0 radical (unpaired) electrons. The second-order valence-corrected chi connectivity index (χ2v) is 3.33. The highest BCUT2D eigenvalue weighted by atomic mass is 16.5. The van der Waals surface area contributed by atoms with E-state index in [-0.39, 0.29) is 0 Å². The van der Waals surface area contributed by atoms with Gasteiger partial charge in [-0.3, -0.25) is 0 Å². The molecule has 0 saturated carbocycles. The van der Waals surface area contributed by atoms with Crippen LogP contribution in [0.15, 0.2) is 48.5 Å². The minimum atomic E-state index is 0.744. The summed E-state index contributed by atoms with van der Waals surface area (Å²) in [5.41, 5.74) is 1.49.